The van der Waals surface area contributed by atoms with E-state index in [1.807, 2.05) is 6.26 Å². The van der Waals surface area contributed by atoms with Crippen LogP contribution in [-0.4, -0.2) is 33.4 Å². The van der Waals surface area contributed by atoms with E-state index in [0.717, 1.165) is 0 Å². The van der Waals surface area contributed by atoms with Crippen molar-refractivity contribution in [3.05, 3.63) is 29.2 Å². The van der Waals surface area contributed by atoms with Crippen molar-refractivity contribution in [3.63, 3.8) is 0 Å². The summed E-state index contributed by atoms with van der Waals surface area (Å²) >= 11 is 7.36. The number of aliphatic hydroxyl groups is 1. The number of thioether (sulfide) groups is 1. The molecule has 0 bridgehead atoms. The fraction of sp³-hybridized carbons (Fsp3) is 0.250. The molecule has 1 N–H and O–H groups in total. The number of hydrogen-bond acceptors (Lipinski definition) is 6. The minimum Gasteiger partial charge on any atom is -0.481 e. The maximum Gasteiger partial charge on any atom is 0.221 e. The molecule has 0 amide bonds. The van der Waals surface area contributed by atoms with Gasteiger partial charge in [0.25, 0.3) is 0 Å². The Morgan fingerprint density at radius 1 is 1.32 bits per heavy atom. The first-order chi connectivity index (χ1) is 9.19. The minimum absolute atomic E-state index is 0.193. The lowest BCUT2D eigenvalue weighted by molar-refractivity contribution is 0.276. The fourth-order valence-corrected chi connectivity index (χ4v) is 2.14. The first kappa shape index (κ1) is 14.0. The summed E-state index contributed by atoms with van der Waals surface area (Å²) in [6.45, 7) is -0.193. The van der Waals surface area contributed by atoms with Gasteiger partial charge in [-0.3, -0.25) is 0 Å². The Labute approximate surface area is 120 Å². The summed E-state index contributed by atoms with van der Waals surface area (Å²) < 4.78 is 5.20. The van der Waals surface area contributed by atoms with E-state index in [2.05, 4.69) is 15.0 Å². The zero-order valence-corrected chi connectivity index (χ0v) is 12.0. The molecule has 2 rings (SSSR count). The van der Waals surface area contributed by atoms with Crippen molar-refractivity contribution < 1.29 is 9.84 Å². The van der Waals surface area contributed by atoms with Gasteiger partial charge in [-0.25, -0.2) is 15.0 Å². The highest BCUT2D eigenvalue weighted by Crippen LogP contribution is 2.32. The van der Waals surface area contributed by atoms with Crippen LogP contribution in [0.15, 0.2) is 23.6 Å². The molecule has 5 nitrogen and oxygen atoms in total. The second-order valence-electron chi connectivity index (χ2n) is 3.59. The third-order valence-electron chi connectivity index (χ3n) is 2.48. The fourth-order valence-electron chi connectivity index (χ4n) is 1.63. The van der Waals surface area contributed by atoms with E-state index in [1.165, 1.54) is 25.1 Å². The molecule has 2 aromatic rings. The van der Waals surface area contributed by atoms with Gasteiger partial charge >= 0.3 is 0 Å². The largest absolute Gasteiger partial charge is 0.481 e. The smallest absolute Gasteiger partial charge is 0.221 e. The van der Waals surface area contributed by atoms with Crippen molar-refractivity contribution in [2.45, 2.75) is 11.8 Å². The maximum atomic E-state index is 9.44. The third kappa shape index (κ3) is 2.97. The molecule has 0 radical (unpaired) electrons. The molecule has 2 aromatic heterocycles. The predicted octanol–water partition coefficient (Wildman–Crippen LogP) is 2.41. The van der Waals surface area contributed by atoms with Crippen molar-refractivity contribution in [2.75, 3.05) is 13.4 Å². The van der Waals surface area contributed by atoms with Crippen molar-refractivity contribution in [1.29, 1.82) is 0 Å². The van der Waals surface area contributed by atoms with Gasteiger partial charge in [0, 0.05) is 23.5 Å². The van der Waals surface area contributed by atoms with Gasteiger partial charge in [-0.1, -0.05) is 23.4 Å². The van der Waals surface area contributed by atoms with E-state index < -0.39 is 0 Å². The zero-order chi connectivity index (χ0) is 13.8. The van der Waals surface area contributed by atoms with Crippen LogP contribution in [0.4, 0.5) is 0 Å². The van der Waals surface area contributed by atoms with Crippen molar-refractivity contribution in [2.24, 2.45) is 0 Å². The summed E-state index contributed by atoms with van der Waals surface area (Å²) in [4.78, 5) is 12.6. The lowest BCUT2D eigenvalue weighted by Gasteiger charge is -2.11. The SMILES string of the molecule is COc1ncc(Cl)cc1-c1cnc(SC)nc1CO. The van der Waals surface area contributed by atoms with Gasteiger partial charge in [0.05, 0.1) is 24.4 Å². The molecule has 19 heavy (non-hydrogen) atoms. The van der Waals surface area contributed by atoms with Gasteiger partial charge in [-0.05, 0) is 12.3 Å². The lowest BCUT2D eigenvalue weighted by Crippen LogP contribution is -2.00. The van der Waals surface area contributed by atoms with Crippen molar-refractivity contribution >= 4 is 23.4 Å². The first-order valence-corrected chi connectivity index (χ1v) is 7.00. The number of halogens is 1. The van der Waals surface area contributed by atoms with Gasteiger partial charge in [-0.15, -0.1) is 0 Å². The van der Waals surface area contributed by atoms with Crippen molar-refractivity contribution in [1.82, 2.24) is 15.0 Å². The molecule has 7 heteroatoms. The molecule has 0 unspecified atom stereocenters. The lowest BCUT2D eigenvalue weighted by atomic mass is 10.1. The van der Waals surface area contributed by atoms with Gasteiger partial charge in [-0.2, -0.15) is 0 Å². The van der Waals surface area contributed by atoms with Crippen LogP contribution in [0.5, 0.6) is 5.88 Å². The molecule has 0 fully saturated rings. The highest BCUT2D eigenvalue weighted by molar-refractivity contribution is 7.98. The molecule has 0 aliphatic heterocycles. The van der Waals surface area contributed by atoms with E-state index in [4.69, 9.17) is 16.3 Å². The van der Waals surface area contributed by atoms with E-state index in [9.17, 15) is 5.11 Å². The highest BCUT2D eigenvalue weighted by Gasteiger charge is 2.14. The zero-order valence-electron chi connectivity index (χ0n) is 10.4. The number of nitrogens with zero attached hydrogens (tertiary/aromatic N) is 3. The number of rotatable bonds is 4. The maximum absolute atomic E-state index is 9.44. The minimum atomic E-state index is -0.193. The van der Waals surface area contributed by atoms with Crippen LogP contribution in [0.1, 0.15) is 5.69 Å². The molecule has 0 aliphatic rings. The van der Waals surface area contributed by atoms with E-state index in [-0.39, 0.29) is 6.61 Å². The summed E-state index contributed by atoms with van der Waals surface area (Å²) in [5, 5.41) is 10.5. The topological polar surface area (TPSA) is 68.1 Å². The van der Waals surface area contributed by atoms with Crippen LogP contribution in [0, 0.1) is 0 Å². The van der Waals surface area contributed by atoms with Crippen LogP contribution in [0.25, 0.3) is 11.1 Å². The standard InChI is InChI=1S/C12H12ClN3O2S/c1-18-11-8(3-7(13)4-14-11)9-5-15-12(19-2)16-10(9)6-17/h3-5,17H,6H2,1-2H3. The second-order valence-corrected chi connectivity index (χ2v) is 4.80. The van der Waals surface area contributed by atoms with Gasteiger partial charge in [0.1, 0.15) is 0 Å². The average molecular weight is 298 g/mol. The Morgan fingerprint density at radius 3 is 2.74 bits per heavy atom. The van der Waals surface area contributed by atoms with Crippen LogP contribution >= 0.6 is 23.4 Å². The Kier molecular flexibility index (Phi) is 4.57. The highest BCUT2D eigenvalue weighted by atomic mass is 35.5. The summed E-state index contributed by atoms with van der Waals surface area (Å²) in [5.74, 6) is 0.416. The molecule has 2 heterocycles. The molecule has 0 saturated heterocycles. The van der Waals surface area contributed by atoms with Crippen LogP contribution in [0.2, 0.25) is 5.02 Å². The molecular weight excluding hydrogens is 286 g/mol. The molecular formula is C12H12ClN3O2S. The summed E-state index contributed by atoms with van der Waals surface area (Å²) in [5.41, 5.74) is 1.83. The van der Waals surface area contributed by atoms with Crippen LogP contribution < -0.4 is 4.74 Å². The summed E-state index contributed by atoms with van der Waals surface area (Å²) in [6.07, 6.45) is 5.01. The predicted molar refractivity (Wildman–Crippen MR) is 74.5 cm³/mol. The normalized spacial score (nSPS) is 10.5. The Bertz CT molecular complexity index is 595. The monoisotopic (exact) mass is 297 g/mol. The Hall–Kier alpha value is -1.37. The number of methoxy groups -OCH3 is 1. The second kappa shape index (κ2) is 6.18. The first-order valence-electron chi connectivity index (χ1n) is 5.40. The molecule has 0 atom stereocenters. The van der Waals surface area contributed by atoms with Gasteiger partial charge < -0.3 is 9.84 Å². The quantitative estimate of drug-likeness (QED) is 0.690. The van der Waals surface area contributed by atoms with Crippen molar-refractivity contribution in [3.8, 4) is 17.0 Å². The van der Waals surface area contributed by atoms with E-state index in [0.29, 0.717) is 32.9 Å². The number of pyridine rings is 1. The van der Waals surface area contributed by atoms with Crippen LogP contribution in [0.3, 0.4) is 0 Å². The number of aromatic nitrogens is 3. The summed E-state index contributed by atoms with van der Waals surface area (Å²) in [7, 11) is 1.52. The van der Waals surface area contributed by atoms with E-state index in [1.54, 1.807) is 12.3 Å². The number of hydrogen-bond donors (Lipinski definition) is 1. The molecule has 0 saturated carbocycles. The van der Waals surface area contributed by atoms with Gasteiger partial charge in [0.2, 0.25) is 5.88 Å². The Morgan fingerprint density at radius 2 is 2.11 bits per heavy atom. The van der Waals surface area contributed by atoms with Crippen LogP contribution in [-0.2, 0) is 6.61 Å². The van der Waals surface area contributed by atoms with Gasteiger partial charge in [0.15, 0.2) is 5.16 Å². The molecule has 0 aromatic carbocycles. The Balaban J connectivity index is 2.60. The third-order valence-corrected chi connectivity index (χ3v) is 3.25. The number of ether oxygens (including phenoxy) is 1. The average Bonchev–Trinajstić information content (AvgIpc) is 2.46. The molecule has 0 spiro atoms. The summed E-state index contributed by atoms with van der Waals surface area (Å²) in [6, 6.07) is 1.71. The molecule has 0 aliphatic carbocycles. The van der Waals surface area contributed by atoms with E-state index >= 15 is 0 Å². The number of aliphatic hydroxyl groups excluding tert-OH is 1. The molecule has 100 valence electrons.